The molecule has 18 nitrogen and oxygen atoms in total. The minimum atomic E-state index is -0.948. The maximum atomic E-state index is 14.7. The zero-order chi connectivity index (χ0) is 54.1. The average Bonchev–Trinajstić information content (AvgIpc) is 4.18. The van der Waals surface area contributed by atoms with Crippen molar-refractivity contribution in [1.82, 2.24) is 41.1 Å². The minimum Gasteiger partial charge on any atom is -0.487 e. The van der Waals surface area contributed by atoms with E-state index >= 15 is 0 Å². The van der Waals surface area contributed by atoms with Crippen LogP contribution in [0.2, 0.25) is 5.02 Å². The quantitative estimate of drug-likeness (QED) is 0.0304. The highest BCUT2D eigenvalue weighted by atomic mass is 35.5. The molecule has 4 amide bonds. The van der Waals surface area contributed by atoms with E-state index in [-0.39, 0.29) is 61.4 Å². The molecule has 0 unspecified atom stereocenters. The second-order valence-corrected chi connectivity index (χ2v) is 22.2. The highest BCUT2D eigenvalue weighted by Gasteiger charge is 2.45. The van der Waals surface area contributed by atoms with Crippen molar-refractivity contribution in [2.45, 2.75) is 97.1 Å². The summed E-state index contributed by atoms with van der Waals surface area (Å²) in [4.78, 5) is 70.4. The number of benzene rings is 2. The van der Waals surface area contributed by atoms with Crippen molar-refractivity contribution >= 4 is 68.9 Å². The zero-order valence-electron chi connectivity index (χ0n) is 43.4. The molecule has 6 N–H and O–H groups in total. The normalized spacial score (nSPS) is 19.0. The first-order chi connectivity index (χ1) is 36.6. The molecule has 1 aliphatic carbocycles. The molecule has 2 aliphatic rings. The number of β-amino-alcohol motifs (C(OH)–C–C–N with tert-alkyl or cyclic N) is 1. The molecular weight excluding hydrogens is 1040 g/mol. The Balaban J connectivity index is 0.759. The van der Waals surface area contributed by atoms with Crippen LogP contribution in [0, 0.1) is 23.6 Å². The fraction of sp³-hybridized carbons (Fsp3) is 0.500. The first-order valence-corrected chi connectivity index (χ1v) is 27.7. The van der Waals surface area contributed by atoms with Crippen molar-refractivity contribution in [3.8, 4) is 16.2 Å². The smallest absolute Gasteiger partial charge is 0.246 e. The third kappa shape index (κ3) is 16.7. The van der Waals surface area contributed by atoms with Crippen molar-refractivity contribution in [2.24, 2.45) is 10.8 Å². The van der Waals surface area contributed by atoms with Gasteiger partial charge in [0.05, 0.1) is 84.9 Å². The van der Waals surface area contributed by atoms with E-state index in [1.807, 2.05) is 81.1 Å². The van der Waals surface area contributed by atoms with E-state index in [4.69, 9.17) is 35.5 Å². The Morgan fingerprint density at radius 2 is 1.62 bits per heavy atom. The molecule has 4 heterocycles. The van der Waals surface area contributed by atoms with Gasteiger partial charge in [-0.3, -0.25) is 19.2 Å². The van der Waals surface area contributed by atoms with E-state index < -0.39 is 46.6 Å². The van der Waals surface area contributed by atoms with E-state index in [1.54, 1.807) is 29.7 Å². The number of aromatic nitrogens is 3. The molecule has 7 rings (SSSR count). The fourth-order valence-corrected chi connectivity index (χ4v) is 10.7. The molecule has 3 aromatic heterocycles. The number of amides is 4. The van der Waals surface area contributed by atoms with Crippen LogP contribution in [-0.4, -0.2) is 139 Å². The van der Waals surface area contributed by atoms with Gasteiger partial charge in [0.1, 0.15) is 17.9 Å². The Morgan fingerprint density at radius 1 is 0.908 bits per heavy atom. The highest BCUT2D eigenvalue weighted by Crippen LogP contribution is 2.41. The number of aliphatic hydroxyl groups excluding tert-OH is 1. The zero-order valence-corrected chi connectivity index (χ0v) is 45.8. The number of thiazole rings is 2. The van der Waals surface area contributed by atoms with Crippen LogP contribution in [0.15, 0.2) is 77.8 Å². The molecule has 1 saturated heterocycles. The third-order valence-electron chi connectivity index (χ3n) is 13.3. The summed E-state index contributed by atoms with van der Waals surface area (Å²) in [5.74, 6) is -1.18. The summed E-state index contributed by atoms with van der Waals surface area (Å²) in [6.45, 7) is 10.2. The van der Waals surface area contributed by atoms with Gasteiger partial charge in [-0.1, -0.05) is 68.8 Å². The number of ether oxygens (including phenoxy) is 4. The Bertz CT molecular complexity index is 2670. The summed E-state index contributed by atoms with van der Waals surface area (Å²) in [6.07, 6.45) is 3.12. The predicted octanol–water partition coefficient (Wildman–Crippen LogP) is 6.62. The number of rotatable bonds is 27. The molecule has 76 heavy (non-hydrogen) atoms. The second kappa shape index (κ2) is 28.1. The largest absolute Gasteiger partial charge is 0.487 e. The lowest BCUT2D eigenvalue weighted by Crippen LogP contribution is -2.58. The number of nitrogens with zero attached hydrogens (tertiary/aromatic N) is 4. The maximum absolute atomic E-state index is 14.7. The molecule has 3 atom stereocenters. The topological polar surface area (TPSA) is 227 Å². The molecule has 0 bridgehead atoms. The number of anilines is 2. The number of hydrogen-bond acceptors (Lipinski definition) is 16. The number of nitrogens with one attached hydrogen (secondary N) is 5. The van der Waals surface area contributed by atoms with Crippen LogP contribution in [0.4, 0.5) is 15.3 Å². The van der Waals surface area contributed by atoms with Gasteiger partial charge in [-0.2, -0.15) is 0 Å². The van der Waals surface area contributed by atoms with Crippen LogP contribution in [0.3, 0.4) is 0 Å². The standard InChI is InChI=1S/C54H69ClFN9O9S2/c1-35-47(76-34-61-35)37-13-11-36(12-14-37)31-60-49(68)42-29-39(66)33-65(42)50(69)48(53(2,3)4)64-45(67)32-57-19-22-71-24-26-73-27-25-72-23-20-58-51(70)54(30-38-7-5-10-44(62-38)63-52-59-21-28-75-52)17-15-40(16-18-54)74-43-9-6-8-41(55)46(43)56/h5-14,21,28,34,39-40,42,48,57,66H,15-20,22-27,29-33H2,1-4H3,(H,58,70)(H,60,68)(H,64,67)(H,59,62,63)/t39-,40-,42+,48-,54-/m1/s1. The molecule has 0 radical (unpaired) electrons. The lowest BCUT2D eigenvalue weighted by Gasteiger charge is -2.39. The molecule has 22 heteroatoms. The molecule has 0 spiro atoms. The van der Waals surface area contributed by atoms with Crippen molar-refractivity contribution in [3.63, 3.8) is 0 Å². The summed E-state index contributed by atoms with van der Waals surface area (Å²) >= 11 is 9.03. The summed E-state index contributed by atoms with van der Waals surface area (Å²) in [5, 5.41) is 28.3. The minimum absolute atomic E-state index is 0.00785. The van der Waals surface area contributed by atoms with E-state index in [0.29, 0.717) is 89.2 Å². The van der Waals surface area contributed by atoms with Crippen LogP contribution in [0.1, 0.15) is 69.8 Å². The molecule has 1 aliphatic heterocycles. The van der Waals surface area contributed by atoms with Crippen LogP contribution in [0.25, 0.3) is 10.4 Å². The summed E-state index contributed by atoms with van der Waals surface area (Å²) in [7, 11) is 0. The number of pyridine rings is 1. The monoisotopic (exact) mass is 1110 g/mol. The van der Waals surface area contributed by atoms with E-state index in [2.05, 4.69) is 36.6 Å². The number of likely N-dealkylation sites (tertiary alicyclic amines) is 1. The maximum Gasteiger partial charge on any atom is 0.246 e. The van der Waals surface area contributed by atoms with Crippen LogP contribution >= 0.6 is 34.3 Å². The first-order valence-electron chi connectivity index (χ1n) is 25.6. The van der Waals surface area contributed by atoms with Crippen molar-refractivity contribution < 1.29 is 47.6 Å². The molecular formula is C54H69ClFN9O9S2. The lowest BCUT2D eigenvalue weighted by atomic mass is 9.69. The van der Waals surface area contributed by atoms with Gasteiger partial charge in [0.15, 0.2) is 16.7 Å². The number of carbonyl (C=O) groups is 4. The Morgan fingerprint density at radius 3 is 2.30 bits per heavy atom. The number of halogens is 2. The van der Waals surface area contributed by atoms with Crippen molar-refractivity contribution in [2.75, 3.05) is 71.1 Å². The van der Waals surface area contributed by atoms with E-state index in [1.165, 1.54) is 22.3 Å². The molecule has 1 saturated carbocycles. The van der Waals surface area contributed by atoms with Crippen LogP contribution < -0.4 is 31.3 Å². The second-order valence-electron chi connectivity index (χ2n) is 20.0. The Labute approximate surface area is 456 Å². The predicted molar refractivity (Wildman–Crippen MR) is 290 cm³/mol. The summed E-state index contributed by atoms with van der Waals surface area (Å²) in [6, 6.07) is 16.4. The van der Waals surface area contributed by atoms with Gasteiger partial charge in [0, 0.05) is 56.3 Å². The fourth-order valence-electron chi connectivity index (χ4n) is 9.19. The van der Waals surface area contributed by atoms with E-state index in [9.17, 15) is 28.7 Å². The van der Waals surface area contributed by atoms with Crippen molar-refractivity contribution in [1.29, 1.82) is 0 Å². The summed E-state index contributed by atoms with van der Waals surface area (Å²) in [5.41, 5.74) is 3.99. The Hall–Kier alpha value is -5.65. The molecule has 410 valence electrons. The number of hydrogen-bond donors (Lipinski definition) is 6. The van der Waals surface area contributed by atoms with Crippen molar-refractivity contribution in [3.05, 3.63) is 106 Å². The highest BCUT2D eigenvalue weighted by molar-refractivity contribution is 7.13. The van der Waals surface area contributed by atoms with Gasteiger partial charge in [-0.05, 0) is 73.4 Å². The lowest BCUT2D eigenvalue weighted by molar-refractivity contribution is -0.144. The number of aryl methyl sites for hydroxylation is 1. The molecule has 2 fully saturated rings. The van der Waals surface area contributed by atoms with Gasteiger partial charge in [-0.15, -0.1) is 22.7 Å². The first kappa shape index (κ1) is 58.0. The van der Waals surface area contributed by atoms with Gasteiger partial charge >= 0.3 is 0 Å². The average molecular weight is 1110 g/mol. The van der Waals surface area contributed by atoms with Crippen LogP contribution in [0.5, 0.6) is 5.75 Å². The number of aliphatic hydroxyl groups is 1. The Kier molecular flexibility index (Phi) is 21.5. The molecule has 2 aromatic carbocycles. The SMILES string of the molecule is Cc1ncsc1-c1ccc(CNC(=O)[C@@H]2C[C@@H](O)CN2C(=O)[C@@H](NC(=O)CNCCOCCOCCOCCNC(=O)[C@]2(Cc3cccc(Nc4nccs4)n3)CC[C@@H](Oc3cccc(Cl)c3F)CC2)C(C)(C)C)cc1. The molecule has 5 aromatic rings. The van der Waals surface area contributed by atoms with Gasteiger partial charge in [0.2, 0.25) is 23.6 Å². The van der Waals surface area contributed by atoms with Gasteiger partial charge in [-0.25, -0.2) is 19.3 Å². The van der Waals surface area contributed by atoms with Gasteiger partial charge < -0.3 is 55.5 Å². The number of carbonyl (C=O) groups excluding carboxylic acids is 4. The van der Waals surface area contributed by atoms with Gasteiger partial charge in [0.25, 0.3) is 0 Å². The van der Waals surface area contributed by atoms with Crippen LogP contribution in [-0.2, 0) is 46.4 Å². The van der Waals surface area contributed by atoms with E-state index in [0.717, 1.165) is 27.4 Å². The summed E-state index contributed by atoms with van der Waals surface area (Å²) < 4.78 is 37.8. The third-order valence-corrected chi connectivity index (χ3v) is 15.2.